The highest BCUT2D eigenvalue weighted by atomic mass is 16.5. The molecule has 2 heteroatoms. The van der Waals surface area contributed by atoms with E-state index in [9.17, 15) is 0 Å². The maximum absolute atomic E-state index is 7.39. The first-order valence-electron chi connectivity index (χ1n) is 13.7. The highest BCUT2D eigenvalue weighted by molar-refractivity contribution is 6.24. The first-order valence-corrected chi connectivity index (χ1v) is 13.7. The van der Waals surface area contributed by atoms with Gasteiger partial charge in [-0.2, -0.15) is 0 Å². The molecule has 0 aliphatic carbocycles. The molecule has 0 saturated heterocycles. The molecule has 0 N–H and O–H groups in total. The van der Waals surface area contributed by atoms with Crippen molar-refractivity contribution in [1.29, 1.82) is 0 Å². The maximum Gasteiger partial charge on any atom is 0.159 e. The molecule has 0 unspecified atom stereocenters. The third-order valence-corrected chi connectivity index (χ3v) is 8.37. The number of nitrogens with zero attached hydrogens (tertiary/aromatic N) is 1. The van der Waals surface area contributed by atoms with E-state index in [-0.39, 0.29) is 0 Å². The molecule has 1 aliphatic heterocycles. The number of aromatic nitrogens is 1. The minimum atomic E-state index is -0.560. The molecule has 0 radical (unpaired) electrons. The summed E-state index contributed by atoms with van der Waals surface area (Å²) in [4.78, 5) is 0. The van der Waals surface area contributed by atoms with E-state index in [2.05, 4.69) is 144 Å². The maximum atomic E-state index is 7.39. The Morgan fingerprint density at radius 1 is 0.538 bits per heavy atom. The summed E-state index contributed by atoms with van der Waals surface area (Å²) in [5.74, 6) is 0.997. The predicted molar refractivity (Wildman–Crippen MR) is 161 cm³/mol. The average molecular weight is 502 g/mol. The van der Waals surface area contributed by atoms with Gasteiger partial charge in [0.2, 0.25) is 0 Å². The van der Waals surface area contributed by atoms with Gasteiger partial charge < -0.3 is 9.30 Å². The molecule has 0 fully saturated rings. The van der Waals surface area contributed by atoms with E-state index < -0.39 is 5.60 Å². The van der Waals surface area contributed by atoms with Crippen LogP contribution in [0.15, 0.2) is 140 Å². The predicted octanol–water partition coefficient (Wildman–Crippen LogP) is 9.21. The van der Waals surface area contributed by atoms with E-state index in [1.54, 1.807) is 0 Å². The van der Waals surface area contributed by atoms with Gasteiger partial charge in [0.1, 0.15) is 5.75 Å². The van der Waals surface area contributed by atoms with Gasteiger partial charge in [0, 0.05) is 27.4 Å². The molecule has 6 aromatic carbocycles. The number of ether oxygens (including phenoxy) is 1. The van der Waals surface area contributed by atoms with Crippen molar-refractivity contribution in [3.63, 3.8) is 0 Å². The fourth-order valence-corrected chi connectivity index (χ4v) is 6.68. The average Bonchev–Trinajstić information content (AvgIpc) is 3.38. The largest absolute Gasteiger partial charge is 0.477 e. The second-order valence-electron chi connectivity index (χ2n) is 10.4. The van der Waals surface area contributed by atoms with Gasteiger partial charge in [-0.15, -0.1) is 0 Å². The summed E-state index contributed by atoms with van der Waals surface area (Å²) >= 11 is 0. The Morgan fingerprint density at radius 3 is 1.74 bits per heavy atom. The van der Waals surface area contributed by atoms with Crippen molar-refractivity contribution in [2.75, 3.05) is 0 Å². The van der Waals surface area contributed by atoms with E-state index in [4.69, 9.17) is 4.74 Å². The molecule has 1 aliphatic rings. The standard InChI is InChI=1S/C37H27NO/c1-4-14-26(15-5-1)37(27-16-6-2-7-17-27)25-24-32-35-34(29-20-10-11-21-30(29)36(32)39-37)31-22-12-13-23-33(31)38(35)28-18-8-3-9-19-28/h1-23H,24-25H2. The molecule has 0 saturated carbocycles. The number of hydrogen-bond donors (Lipinski definition) is 0. The van der Waals surface area contributed by atoms with Crippen LogP contribution in [-0.4, -0.2) is 4.57 Å². The fraction of sp³-hybridized carbons (Fsp3) is 0.0811. The minimum absolute atomic E-state index is 0.560. The first kappa shape index (κ1) is 22.2. The molecule has 7 aromatic rings. The van der Waals surface area contributed by atoms with Crippen LogP contribution in [0.3, 0.4) is 0 Å². The lowest BCUT2D eigenvalue weighted by Gasteiger charge is -2.40. The van der Waals surface area contributed by atoms with Crippen molar-refractivity contribution in [3.8, 4) is 11.4 Å². The highest BCUT2D eigenvalue weighted by Crippen LogP contribution is 2.51. The lowest BCUT2D eigenvalue weighted by atomic mass is 9.78. The summed E-state index contributed by atoms with van der Waals surface area (Å²) in [6.45, 7) is 0. The number of para-hydroxylation sites is 2. The zero-order valence-electron chi connectivity index (χ0n) is 21.5. The molecular formula is C37H27NO. The monoisotopic (exact) mass is 501 g/mol. The van der Waals surface area contributed by atoms with Crippen molar-refractivity contribution in [1.82, 2.24) is 4.57 Å². The van der Waals surface area contributed by atoms with Gasteiger partial charge in [0.15, 0.2) is 5.60 Å². The Morgan fingerprint density at radius 2 is 1.08 bits per heavy atom. The summed E-state index contributed by atoms with van der Waals surface area (Å²) in [7, 11) is 0. The van der Waals surface area contributed by atoms with Gasteiger partial charge in [-0.05, 0) is 47.6 Å². The Kier molecular flexibility index (Phi) is 4.90. The Labute approximate surface area is 227 Å². The molecule has 2 heterocycles. The molecule has 0 amide bonds. The number of hydrogen-bond acceptors (Lipinski definition) is 1. The smallest absolute Gasteiger partial charge is 0.159 e. The number of rotatable bonds is 3. The topological polar surface area (TPSA) is 14.2 Å². The summed E-state index contributed by atoms with van der Waals surface area (Å²) in [5.41, 5.74) is 6.75. The molecule has 0 atom stereocenters. The zero-order valence-corrected chi connectivity index (χ0v) is 21.5. The van der Waals surface area contributed by atoms with Crippen LogP contribution in [0.2, 0.25) is 0 Å². The molecule has 186 valence electrons. The minimum Gasteiger partial charge on any atom is -0.477 e. The van der Waals surface area contributed by atoms with Crippen molar-refractivity contribution < 1.29 is 4.74 Å². The second-order valence-corrected chi connectivity index (χ2v) is 10.4. The van der Waals surface area contributed by atoms with Crippen molar-refractivity contribution in [2.45, 2.75) is 18.4 Å². The highest BCUT2D eigenvalue weighted by Gasteiger charge is 2.41. The van der Waals surface area contributed by atoms with Crippen LogP contribution in [0.5, 0.6) is 5.75 Å². The summed E-state index contributed by atoms with van der Waals surface area (Å²) in [5, 5.41) is 4.98. The van der Waals surface area contributed by atoms with Crippen LogP contribution in [0.25, 0.3) is 38.3 Å². The lowest BCUT2D eigenvalue weighted by Crippen LogP contribution is -2.38. The van der Waals surface area contributed by atoms with Gasteiger partial charge in [-0.3, -0.25) is 0 Å². The third-order valence-electron chi connectivity index (χ3n) is 8.37. The SMILES string of the molecule is c1ccc(-n2c3ccccc3c3c4ccccc4c4c(c32)CCC(c2ccccc2)(c2ccccc2)O4)cc1. The van der Waals surface area contributed by atoms with Crippen molar-refractivity contribution in [2.24, 2.45) is 0 Å². The van der Waals surface area contributed by atoms with Gasteiger partial charge >= 0.3 is 0 Å². The molecule has 1 aromatic heterocycles. The van der Waals surface area contributed by atoms with Crippen LogP contribution < -0.4 is 4.74 Å². The van der Waals surface area contributed by atoms with Crippen LogP contribution in [-0.2, 0) is 12.0 Å². The normalized spacial score (nSPS) is 14.4. The fourth-order valence-electron chi connectivity index (χ4n) is 6.68. The summed E-state index contributed by atoms with van der Waals surface area (Å²) in [6.07, 6.45) is 1.77. The van der Waals surface area contributed by atoms with E-state index in [1.165, 1.54) is 55.0 Å². The number of benzene rings is 6. The van der Waals surface area contributed by atoms with Gasteiger partial charge in [-0.25, -0.2) is 0 Å². The number of aryl methyl sites for hydroxylation is 1. The van der Waals surface area contributed by atoms with Crippen LogP contribution in [0.4, 0.5) is 0 Å². The first-order chi connectivity index (χ1) is 19.4. The van der Waals surface area contributed by atoms with Gasteiger partial charge in [0.25, 0.3) is 0 Å². The van der Waals surface area contributed by atoms with E-state index in [1.807, 2.05) is 0 Å². The van der Waals surface area contributed by atoms with Crippen molar-refractivity contribution in [3.05, 3.63) is 156 Å². The quantitative estimate of drug-likeness (QED) is 0.235. The summed E-state index contributed by atoms with van der Waals surface area (Å²) < 4.78 is 9.83. The van der Waals surface area contributed by atoms with Crippen LogP contribution in [0, 0.1) is 0 Å². The Hall–Kier alpha value is -4.82. The molecule has 39 heavy (non-hydrogen) atoms. The number of fused-ring (bicyclic) bond motifs is 8. The van der Waals surface area contributed by atoms with Gasteiger partial charge in [-0.1, -0.05) is 121 Å². The molecule has 0 bridgehead atoms. The van der Waals surface area contributed by atoms with E-state index in [0.29, 0.717) is 0 Å². The molecule has 2 nitrogen and oxygen atoms in total. The molecule has 8 rings (SSSR count). The lowest BCUT2D eigenvalue weighted by molar-refractivity contribution is 0.0877. The Bertz CT molecular complexity index is 1930. The van der Waals surface area contributed by atoms with Gasteiger partial charge in [0.05, 0.1) is 11.0 Å². The second kappa shape index (κ2) is 8.61. The van der Waals surface area contributed by atoms with Crippen molar-refractivity contribution >= 4 is 32.6 Å². The molecular weight excluding hydrogens is 474 g/mol. The Balaban J connectivity index is 1.51. The molecule has 0 spiro atoms. The van der Waals surface area contributed by atoms with E-state index in [0.717, 1.165) is 18.6 Å². The van der Waals surface area contributed by atoms with Crippen LogP contribution in [0.1, 0.15) is 23.1 Å². The third kappa shape index (κ3) is 3.21. The van der Waals surface area contributed by atoms with E-state index >= 15 is 0 Å². The van der Waals surface area contributed by atoms with Crippen LogP contribution >= 0.6 is 0 Å². The zero-order chi connectivity index (χ0) is 25.8. The summed E-state index contributed by atoms with van der Waals surface area (Å²) in [6, 6.07) is 49.8.